The highest BCUT2D eigenvalue weighted by Gasteiger charge is 2.02. The van der Waals surface area contributed by atoms with Crippen molar-refractivity contribution >= 4 is 0 Å². The van der Waals surface area contributed by atoms with Gasteiger partial charge in [0.2, 0.25) is 0 Å². The number of allylic oxidation sites excluding steroid dienone is 2. The molecule has 2 nitrogen and oxygen atoms in total. The van der Waals surface area contributed by atoms with Crippen LogP contribution in [0.2, 0.25) is 0 Å². The van der Waals surface area contributed by atoms with E-state index >= 15 is 0 Å². The van der Waals surface area contributed by atoms with Gasteiger partial charge in [-0.1, -0.05) is 50.4 Å². The van der Waals surface area contributed by atoms with E-state index in [9.17, 15) is 10.2 Å². The van der Waals surface area contributed by atoms with Crippen molar-refractivity contribution in [2.24, 2.45) is 0 Å². The van der Waals surface area contributed by atoms with Crippen LogP contribution in [0.25, 0.3) is 0 Å². The molecule has 0 radical (unpaired) electrons. The van der Waals surface area contributed by atoms with Crippen molar-refractivity contribution in [3.8, 4) is 35.2 Å². The van der Waals surface area contributed by atoms with E-state index in [1.807, 2.05) is 24.3 Å². The van der Waals surface area contributed by atoms with Gasteiger partial charge in [-0.25, -0.2) is 0 Å². The minimum Gasteiger partial charge on any atom is -0.508 e. The predicted octanol–water partition coefficient (Wildman–Crippen LogP) is 5.40. The van der Waals surface area contributed by atoms with Gasteiger partial charge in [-0.2, -0.15) is 0 Å². The minimum atomic E-state index is 0.242. The second kappa shape index (κ2) is 10.0. The Hall–Kier alpha value is -3.10. The van der Waals surface area contributed by atoms with Crippen molar-refractivity contribution in [1.29, 1.82) is 0 Å². The number of hydrogen-bond acceptors (Lipinski definition) is 2. The van der Waals surface area contributed by atoms with Gasteiger partial charge in [-0.15, -0.1) is 0 Å². The van der Waals surface area contributed by atoms with Crippen LogP contribution in [0.1, 0.15) is 50.7 Å². The van der Waals surface area contributed by atoms with Crippen molar-refractivity contribution in [2.45, 2.75) is 39.5 Å². The Morgan fingerprint density at radius 3 is 1.31 bits per heavy atom. The second-order valence-electron chi connectivity index (χ2n) is 6.05. The van der Waals surface area contributed by atoms with Crippen LogP contribution in [0, 0.1) is 23.7 Å². The van der Waals surface area contributed by atoms with Gasteiger partial charge in [0.25, 0.3) is 0 Å². The molecular formula is C24H24O2. The molecular weight excluding hydrogens is 320 g/mol. The molecule has 2 heteroatoms. The molecule has 2 rings (SSSR count). The number of phenols is 2. The molecule has 0 saturated carbocycles. The summed E-state index contributed by atoms with van der Waals surface area (Å²) in [5.41, 5.74) is 3.90. The Balaban J connectivity index is 2.37. The molecule has 132 valence electrons. The van der Waals surface area contributed by atoms with Crippen LogP contribution in [0.5, 0.6) is 11.5 Å². The van der Waals surface area contributed by atoms with E-state index < -0.39 is 0 Å². The maximum absolute atomic E-state index is 9.38. The van der Waals surface area contributed by atoms with Crippen molar-refractivity contribution in [1.82, 2.24) is 0 Å². The fourth-order valence-corrected chi connectivity index (χ4v) is 2.46. The molecule has 0 aromatic heterocycles. The van der Waals surface area contributed by atoms with Gasteiger partial charge < -0.3 is 10.2 Å². The van der Waals surface area contributed by atoms with Crippen LogP contribution in [0.3, 0.4) is 0 Å². The molecule has 0 fully saturated rings. The molecule has 0 aliphatic rings. The maximum atomic E-state index is 9.38. The summed E-state index contributed by atoms with van der Waals surface area (Å²) in [7, 11) is 0. The first-order valence-electron chi connectivity index (χ1n) is 8.96. The fraction of sp³-hybridized carbons (Fsp3) is 0.250. The van der Waals surface area contributed by atoms with Gasteiger partial charge in [-0.3, -0.25) is 0 Å². The normalized spacial score (nSPS) is 10.8. The molecule has 0 aliphatic carbocycles. The summed E-state index contributed by atoms with van der Waals surface area (Å²) in [6.07, 6.45) is 3.80. The average Bonchev–Trinajstić information content (AvgIpc) is 2.65. The highest BCUT2D eigenvalue weighted by molar-refractivity contribution is 5.50. The van der Waals surface area contributed by atoms with Gasteiger partial charge in [-0.05, 0) is 61.4 Å². The lowest BCUT2D eigenvalue weighted by molar-refractivity contribution is 0.474. The van der Waals surface area contributed by atoms with Crippen LogP contribution in [-0.4, -0.2) is 10.2 Å². The predicted molar refractivity (Wildman–Crippen MR) is 107 cm³/mol. The Morgan fingerprint density at radius 1 is 0.654 bits per heavy atom. The van der Waals surface area contributed by atoms with Gasteiger partial charge in [0.05, 0.1) is 0 Å². The Kier molecular flexibility index (Phi) is 7.41. The van der Waals surface area contributed by atoms with E-state index in [1.54, 1.807) is 24.3 Å². The SMILES string of the molecule is CCC/C(C#Cc1ccc(O)cc1)=C(\C#Cc1ccc(O)cc1)CCC. The zero-order valence-electron chi connectivity index (χ0n) is 15.3. The number of benzene rings is 2. The quantitative estimate of drug-likeness (QED) is 0.729. The Morgan fingerprint density at radius 2 is 1.00 bits per heavy atom. The zero-order valence-corrected chi connectivity index (χ0v) is 15.3. The van der Waals surface area contributed by atoms with E-state index in [0.717, 1.165) is 48.0 Å². The van der Waals surface area contributed by atoms with Crippen LogP contribution < -0.4 is 0 Å². The summed E-state index contributed by atoms with van der Waals surface area (Å²) >= 11 is 0. The van der Waals surface area contributed by atoms with Crippen molar-refractivity contribution in [3.05, 3.63) is 70.8 Å². The largest absolute Gasteiger partial charge is 0.508 e. The summed E-state index contributed by atoms with van der Waals surface area (Å²) in [4.78, 5) is 0. The first-order valence-corrected chi connectivity index (χ1v) is 8.96. The summed E-state index contributed by atoms with van der Waals surface area (Å²) in [6.45, 7) is 4.28. The van der Waals surface area contributed by atoms with Gasteiger partial charge in [0.15, 0.2) is 0 Å². The van der Waals surface area contributed by atoms with Crippen molar-refractivity contribution in [2.75, 3.05) is 0 Å². The topological polar surface area (TPSA) is 40.5 Å². The van der Waals surface area contributed by atoms with E-state index in [4.69, 9.17) is 0 Å². The molecule has 0 amide bonds. The van der Waals surface area contributed by atoms with Crippen LogP contribution in [0.4, 0.5) is 0 Å². The molecule has 2 N–H and O–H groups in total. The third kappa shape index (κ3) is 6.08. The lowest BCUT2D eigenvalue weighted by atomic mass is 9.99. The minimum absolute atomic E-state index is 0.242. The highest BCUT2D eigenvalue weighted by atomic mass is 16.3. The van der Waals surface area contributed by atoms with Gasteiger partial charge in [0, 0.05) is 22.3 Å². The molecule has 0 saturated heterocycles. The highest BCUT2D eigenvalue weighted by Crippen LogP contribution is 2.17. The summed E-state index contributed by atoms with van der Waals surface area (Å²) in [5.74, 6) is 13.4. The molecule has 2 aromatic rings. The molecule has 26 heavy (non-hydrogen) atoms. The first-order chi connectivity index (χ1) is 12.6. The summed E-state index contributed by atoms with van der Waals surface area (Å²) in [5, 5.41) is 18.8. The molecule has 0 aliphatic heterocycles. The fourth-order valence-electron chi connectivity index (χ4n) is 2.46. The lowest BCUT2D eigenvalue weighted by Crippen LogP contribution is -1.90. The summed E-state index contributed by atoms with van der Waals surface area (Å²) < 4.78 is 0. The number of aromatic hydroxyl groups is 2. The van der Waals surface area contributed by atoms with Crippen LogP contribution >= 0.6 is 0 Å². The number of phenolic OH excluding ortho intramolecular Hbond substituents is 2. The molecule has 0 unspecified atom stereocenters. The number of rotatable bonds is 4. The smallest absolute Gasteiger partial charge is 0.115 e. The second-order valence-corrected chi connectivity index (χ2v) is 6.05. The maximum Gasteiger partial charge on any atom is 0.115 e. The van der Waals surface area contributed by atoms with E-state index in [1.165, 1.54) is 0 Å². The zero-order chi connectivity index (χ0) is 18.8. The third-order valence-corrected chi connectivity index (χ3v) is 3.81. The van der Waals surface area contributed by atoms with Crippen LogP contribution in [-0.2, 0) is 0 Å². The molecule has 0 atom stereocenters. The van der Waals surface area contributed by atoms with E-state index in [0.29, 0.717) is 0 Å². The Bertz CT molecular complexity index is 789. The molecule has 0 heterocycles. The first kappa shape index (κ1) is 19.2. The third-order valence-electron chi connectivity index (χ3n) is 3.81. The van der Waals surface area contributed by atoms with Crippen molar-refractivity contribution in [3.63, 3.8) is 0 Å². The van der Waals surface area contributed by atoms with E-state index in [-0.39, 0.29) is 11.5 Å². The van der Waals surface area contributed by atoms with Crippen molar-refractivity contribution < 1.29 is 10.2 Å². The molecule has 0 spiro atoms. The van der Waals surface area contributed by atoms with E-state index in [2.05, 4.69) is 37.5 Å². The average molecular weight is 344 g/mol. The lowest BCUT2D eigenvalue weighted by Gasteiger charge is -2.04. The molecule has 2 aromatic carbocycles. The molecule has 0 bridgehead atoms. The van der Waals surface area contributed by atoms with Gasteiger partial charge in [0.1, 0.15) is 11.5 Å². The summed E-state index contributed by atoms with van der Waals surface area (Å²) in [6, 6.07) is 13.8. The van der Waals surface area contributed by atoms with Gasteiger partial charge >= 0.3 is 0 Å². The monoisotopic (exact) mass is 344 g/mol. The standard InChI is InChI=1S/C24H24O2/c1-3-5-21(13-7-19-9-15-23(25)16-10-19)22(6-4-2)14-8-20-11-17-24(26)18-12-20/h9-12,15-18,25-26H,3-6H2,1-2H3/b22-21+. The van der Waals surface area contributed by atoms with Crippen LogP contribution in [0.15, 0.2) is 59.7 Å². The number of hydrogen-bond donors (Lipinski definition) is 2. The Labute approximate surface area is 156 Å².